The van der Waals surface area contributed by atoms with Crippen LogP contribution >= 0.6 is 0 Å². The number of benzene rings is 1. The average Bonchev–Trinajstić information content (AvgIpc) is 2.38. The van der Waals surface area contributed by atoms with Crippen LogP contribution in [-0.4, -0.2) is 11.3 Å². The SMILES string of the molecule is O=Cc1ccc(OCc2ccncc2)cc1. The minimum atomic E-state index is 0.503. The molecule has 0 aliphatic rings. The minimum Gasteiger partial charge on any atom is -0.489 e. The zero-order chi connectivity index (χ0) is 11.2. The fourth-order valence-electron chi connectivity index (χ4n) is 1.29. The van der Waals surface area contributed by atoms with E-state index in [-0.39, 0.29) is 0 Å². The molecule has 0 radical (unpaired) electrons. The Bertz CT molecular complexity index is 451. The molecule has 0 N–H and O–H groups in total. The van der Waals surface area contributed by atoms with E-state index >= 15 is 0 Å². The van der Waals surface area contributed by atoms with Crippen molar-refractivity contribution in [3.63, 3.8) is 0 Å². The monoisotopic (exact) mass is 213 g/mol. The Hall–Kier alpha value is -2.16. The van der Waals surface area contributed by atoms with E-state index in [9.17, 15) is 4.79 Å². The van der Waals surface area contributed by atoms with Crippen molar-refractivity contribution in [3.8, 4) is 5.75 Å². The Morgan fingerprint density at radius 2 is 1.75 bits per heavy atom. The third-order valence-corrected chi connectivity index (χ3v) is 2.17. The lowest BCUT2D eigenvalue weighted by Gasteiger charge is -2.05. The summed E-state index contributed by atoms with van der Waals surface area (Å²) >= 11 is 0. The van der Waals surface area contributed by atoms with Crippen LogP contribution in [0.25, 0.3) is 0 Å². The topological polar surface area (TPSA) is 39.2 Å². The van der Waals surface area contributed by atoms with E-state index in [0.29, 0.717) is 12.2 Å². The van der Waals surface area contributed by atoms with Gasteiger partial charge in [0.1, 0.15) is 18.6 Å². The first-order chi connectivity index (χ1) is 7.88. The molecule has 0 aliphatic heterocycles. The molecule has 0 spiro atoms. The van der Waals surface area contributed by atoms with Gasteiger partial charge in [0.05, 0.1) is 0 Å². The predicted octanol–water partition coefficient (Wildman–Crippen LogP) is 2.47. The van der Waals surface area contributed by atoms with Crippen LogP contribution < -0.4 is 4.74 Å². The fourth-order valence-corrected chi connectivity index (χ4v) is 1.29. The molecular weight excluding hydrogens is 202 g/mol. The molecule has 0 fully saturated rings. The summed E-state index contributed by atoms with van der Waals surface area (Å²) in [7, 11) is 0. The van der Waals surface area contributed by atoms with Crippen LogP contribution in [0.3, 0.4) is 0 Å². The van der Waals surface area contributed by atoms with Gasteiger partial charge in [0.15, 0.2) is 0 Å². The first-order valence-corrected chi connectivity index (χ1v) is 4.95. The van der Waals surface area contributed by atoms with Crippen LogP contribution in [0.4, 0.5) is 0 Å². The highest BCUT2D eigenvalue weighted by Gasteiger charge is 1.95. The van der Waals surface area contributed by atoms with Crippen molar-refractivity contribution in [2.24, 2.45) is 0 Å². The van der Waals surface area contributed by atoms with Gasteiger partial charge in [-0.15, -0.1) is 0 Å². The van der Waals surface area contributed by atoms with Gasteiger partial charge < -0.3 is 4.74 Å². The normalized spacial score (nSPS) is 9.75. The van der Waals surface area contributed by atoms with Gasteiger partial charge in [-0.1, -0.05) is 0 Å². The van der Waals surface area contributed by atoms with Gasteiger partial charge in [-0.2, -0.15) is 0 Å². The molecule has 3 heteroatoms. The van der Waals surface area contributed by atoms with E-state index in [1.54, 1.807) is 36.7 Å². The van der Waals surface area contributed by atoms with Crippen LogP contribution in [0, 0.1) is 0 Å². The quantitative estimate of drug-likeness (QED) is 0.732. The van der Waals surface area contributed by atoms with E-state index in [2.05, 4.69) is 4.98 Å². The number of hydrogen-bond donors (Lipinski definition) is 0. The van der Waals surface area contributed by atoms with Crippen molar-refractivity contribution in [3.05, 3.63) is 59.9 Å². The highest BCUT2D eigenvalue weighted by atomic mass is 16.5. The van der Waals surface area contributed by atoms with Crippen molar-refractivity contribution >= 4 is 6.29 Å². The van der Waals surface area contributed by atoms with E-state index in [1.165, 1.54) is 0 Å². The van der Waals surface area contributed by atoms with E-state index < -0.39 is 0 Å². The number of rotatable bonds is 4. The van der Waals surface area contributed by atoms with Crippen molar-refractivity contribution in [1.82, 2.24) is 4.98 Å². The second-order valence-electron chi connectivity index (χ2n) is 3.33. The van der Waals surface area contributed by atoms with Gasteiger partial charge in [-0.25, -0.2) is 0 Å². The number of aromatic nitrogens is 1. The number of carbonyl (C=O) groups excluding carboxylic acids is 1. The van der Waals surface area contributed by atoms with Crippen molar-refractivity contribution < 1.29 is 9.53 Å². The molecule has 0 unspecified atom stereocenters. The maximum Gasteiger partial charge on any atom is 0.150 e. The minimum absolute atomic E-state index is 0.503. The molecule has 0 aliphatic carbocycles. The second-order valence-corrected chi connectivity index (χ2v) is 3.33. The van der Waals surface area contributed by atoms with Gasteiger partial charge in [0, 0.05) is 18.0 Å². The van der Waals surface area contributed by atoms with Crippen molar-refractivity contribution in [1.29, 1.82) is 0 Å². The molecule has 0 amide bonds. The number of nitrogens with zero attached hydrogens (tertiary/aromatic N) is 1. The van der Waals surface area contributed by atoms with Crippen molar-refractivity contribution in [2.45, 2.75) is 6.61 Å². The molecule has 0 saturated carbocycles. The van der Waals surface area contributed by atoms with Gasteiger partial charge in [-0.3, -0.25) is 9.78 Å². The third kappa shape index (κ3) is 2.67. The zero-order valence-corrected chi connectivity index (χ0v) is 8.67. The number of carbonyl (C=O) groups is 1. The molecule has 1 aromatic carbocycles. The zero-order valence-electron chi connectivity index (χ0n) is 8.67. The van der Waals surface area contributed by atoms with Crippen molar-refractivity contribution in [2.75, 3.05) is 0 Å². The Kier molecular flexibility index (Phi) is 3.28. The predicted molar refractivity (Wildman–Crippen MR) is 60.4 cm³/mol. The first-order valence-electron chi connectivity index (χ1n) is 4.95. The number of aldehydes is 1. The molecule has 0 atom stereocenters. The summed E-state index contributed by atoms with van der Waals surface area (Å²) in [6.45, 7) is 0.503. The van der Waals surface area contributed by atoms with E-state index in [0.717, 1.165) is 17.6 Å². The number of pyridine rings is 1. The summed E-state index contributed by atoms with van der Waals surface area (Å²) in [5.74, 6) is 0.752. The smallest absolute Gasteiger partial charge is 0.150 e. The van der Waals surface area contributed by atoms with Gasteiger partial charge in [0.2, 0.25) is 0 Å². The lowest BCUT2D eigenvalue weighted by molar-refractivity contribution is 0.112. The van der Waals surface area contributed by atoms with Crippen LogP contribution in [0.5, 0.6) is 5.75 Å². The van der Waals surface area contributed by atoms with Crippen LogP contribution in [-0.2, 0) is 6.61 Å². The lowest BCUT2D eigenvalue weighted by atomic mass is 10.2. The van der Waals surface area contributed by atoms with Crippen LogP contribution in [0.15, 0.2) is 48.8 Å². The van der Waals surface area contributed by atoms with Gasteiger partial charge in [-0.05, 0) is 42.0 Å². The Balaban J connectivity index is 1.97. The highest BCUT2D eigenvalue weighted by Crippen LogP contribution is 2.12. The third-order valence-electron chi connectivity index (χ3n) is 2.17. The second kappa shape index (κ2) is 5.07. The highest BCUT2D eigenvalue weighted by molar-refractivity contribution is 5.74. The molecular formula is C13H11NO2. The standard InChI is InChI=1S/C13H11NO2/c15-9-11-1-3-13(4-2-11)16-10-12-5-7-14-8-6-12/h1-9H,10H2. The molecule has 2 rings (SSSR count). The molecule has 2 aromatic rings. The summed E-state index contributed by atoms with van der Waals surface area (Å²) < 4.78 is 5.55. The Morgan fingerprint density at radius 3 is 2.38 bits per heavy atom. The summed E-state index contributed by atoms with van der Waals surface area (Å²) in [4.78, 5) is 14.4. The van der Waals surface area contributed by atoms with Gasteiger partial charge >= 0.3 is 0 Å². The maximum absolute atomic E-state index is 10.4. The first kappa shape index (κ1) is 10.4. The summed E-state index contributed by atoms with van der Waals surface area (Å²) in [6.07, 6.45) is 4.27. The fraction of sp³-hybridized carbons (Fsp3) is 0.0769. The molecule has 1 heterocycles. The molecule has 0 saturated heterocycles. The van der Waals surface area contributed by atoms with Crippen LogP contribution in [0.1, 0.15) is 15.9 Å². The Labute approximate surface area is 93.7 Å². The molecule has 16 heavy (non-hydrogen) atoms. The lowest BCUT2D eigenvalue weighted by Crippen LogP contribution is -1.95. The summed E-state index contributed by atoms with van der Waals surface area (Å²) in [5, 5.41) is 0. The molecule has 80 valence electrons. The van der Waals surface area contributed by atoms with E-state index in [1.807, 2.05) is 12.1 Å². The molecule has 3 nitrogen and oxygen atoms in total. The average molecular weight is 213 g/mol. The number of ether oxygens (including phenoxy) is 1. The Morgan fingerprint density at radius 1 is 1.06 bits per heavy atom. The largest absolute Gasteiger partial charge is 0.489 e. The maximum atomic E-state index is 10.4. The van der Waals surface area contributed by atoms with Crippen LogP contribution in [0.2, 0.25) is 0 Å². The number of hydrogen-bond acceptors (Lipinski definition) is 3. The summed E-state index contributed by atoms with van der Waals surface area (Å²) in [6, 6.07) is 10.8. The summed E-state index contributed by atoms with van der Waals surface area (Å²) in [5.41, 5.74) is 1.71. The molecule has 0 bridgehead atoms. The van der Waals surface area contributed by atoms with Gasteiger partial charge in [0.25, 0.3) is 0 Å². The molecule has 1 aromatic heterocycles. The van der Waals surface area contributed by atoms with E-state index in [4.69, 9.17) is 4.74 Å².